The standard InChI is InChI=1S/C22H22N4O3S.ClH/c23-14-15-4-3-6-17(12-15)21(28)26-10-8-25(9-11-26)18-7-2-1-5-16(18)13-19-20(27)24-22(29)30-19;/h1-7,12-13H,8-11,14,23H2,(H,24,27,29);1H/b19-13-;. The van der Waals surface area contributed by atoms with Crippen LogP contribution in [-0.4, -0.2) is 48.1 Å². The molecule has 2 saturated heterocycles. The van der Waals surface area contributed by atoms with Gasteiger partial charge in [-0.3, -0.25) is 19.7 Å². The number of nitrogens with one attached hydrogen (secondary N) is 1. The normalized spacial score (nSPS) is 17.5. The van der Waals surface area contributed by atoms with Crippen molar-refractivity contribution < 1.29 is 14.4 Å². The predicted molar refractivity (Wildman–Crippen MR) is 125 cm³/mol. The number of nitrogens with two attached hydrogens (primary N) is 1. The van der Waals surface area contributed by atoms with E-state index in [0.717, 1.165) is 28.6 Å². The van der Waals surface area contributed by atoms with Crippen molar-refractivity contribution in [3.05, 3.63) is 70.1 Å². The second kappa shape index (κ2) is 10.00. The molecular weight excluding hydrogens is 436 g/mol. The van der Waals surface area contributed by atoms with Crippen LogP contribution in [0.5, 0.6) is 0 Å². The summed E-state index contributed by atoms with van der Waals surface area (Å²) in [6.07, 6.45) is 1.75. The van der Waals surface area contributed by atoms with Crippen molar-refractivity contribution in [3.63, 3.8) is 0 Å². The third-order valence-electron chi connectivity index (χ3n) is 5.18. The average molecular weight is 459 g/mol. The minimum atomic E-state index is -0.366. The molecule has 0 aliphatic carbocycles. The second-order valence-corrected chi connectivity index (χ2v) is 8.11. The molecule has 2 fully saturated rings. The van der Waals surface area contributed by atoms with Gasteiger partial charge in [-0.1, -0.05) is 30.3 Å². The van der Waals surface area contributed by atoms with E-state index in [1.54, 1.807) is 6.08 Å². The number of nitrogens with zero attached hydrogens (tertiary/aromatic N) is 2. The van der Waals surface area contributed by atoms with Gasteiger partial charge in [-0.15, -0.1) is 12.4 Å². The van der Waals surface area contributed by atoms with Gasteiger partial charge in [0.15, 0.2) is 0 Å². The van der Waals surface area contributed by atoms with Crippen LogP contribution in [0.1, 0.15) is 21.5 Å². The number of hydrogen-bond acceptors (Lipinski definition) is 6. The number of anilines is 1. The van der Waals surface area contributed by atoms with E-state index in [0.29, 0.717) is 43.2 Å². The van der Waals surface area contributed by atoms with Gasteiger partial charge >= 0.3 is 0 Å². The van der Waals surface area contributed by atoms with Crippen molar-refractivity contribution >= 4 is 53.0 Å². The third-order valence-corrected chi connectivity index (χ3v) is 5.99. The Morgan fingerprint density at radius 2 is 1.81 bits per heavy atom. The van der Waals surface area contributed by atoms with E-state index in [9.17, 15) is 14.4 Å². The van der Waals surface area contributed by atoms with Crippen LogP contribution >= 0.6 is 24.2 Å². The smallest absolute Gasteiger partial charge is 0.290 e. The van der Waals surface area contributed by atoms with E-state index in [2.05, 4.69) is 10.2 Å². The molecule has 0 unspecified atom stereocenters. The molecule has 2 aliphatic heterocycles. The number of rotatable bonds is 4. The Bertz CT molecular complexity index is 1030. The van der Waals surface area contributed by atoms with E-state index < -0.39 is 0 Å². The molecule has 0 saturated carbocycles. The fourth-order valence-electron chi connectivity index (χ4n) is 3.62. The summed E-state index contributed by atoms with van der Waals surface area (Å²) in [4.78, 5) is 40.6. The van der Waals surface area contributed by atoms with Crippen molar-refractivity contribution in [2.24, 2.45) is 5.73 Å². The maximum Gasteiger partial charge on any atom is 0.290 e. The Morgan fingerprint density at radius 3 is 2.48 bits per heavy atom. The summed E-state index contributed by atoms with van der Waals surface area (Å²) in [6, 6.07) is 15.2. The summed E-state index contributed by atoms with van der Waals surface area (Å²) < 4.78 is 0. The SMILES string of the molecule is Cl.NCc1cccc(C(=O)N2CCN(c3ccccc3/C=C3\SC(=O)NC3=O)CC2)c1. The van der Waals surface area contributed by atoms with E-state index in [1.807, 2.05) is 53.4 Å². The molecule has 0 aromatic heterocycles. The fourth-order valence-corrected chi connectivity index (χ4v) is 4.30. The molecular formula is C22H23ClN4O3S. The maximum atomic E-state index is 12.9. The first-order chi connectivity index (χ1) is 14.5. The van der Waals surface area contributed by atoms with Crippen LogP contribution in [-0.2, 0) is 11.3 Å². The highest BCUT2D eigenvalue weighted by Crippen LogP contribution is 2.30. The largest absolute Gasteiger partial charge is 0.367 e. The topological polar surface area (TPSA) is 95.7 Å². The van der Waals surface area contributed by atoms with Gasteiger partial charge in [-0.25, -0.2) is 0 Å². The van der Waals surface area contributed by atoms with Crippen molar-refractivity contribution in [2.45, 2.75) is 6.54 Å². The monoisotopic (exact) mass is 458 g/mol. The third kappa shape index (κ3) is 5.10. The maximum absolute atomic E-state index is 12.9. The number of benzene rings is 2. The second-order valence-electron chi connectivity index (χ2n) is 7.09. The molecule has 2 aromatic carbocycles. The van der Waals surface area contributed by atoms with E-state index in [1.165, 1.54) is 0 Å². The molecule has 4 rings (SSSR count). The number of imide groups is 1. The highest BCUT2D eigenvalue weighted by atomic mass is 35.5. The lowest BCUT2D eigenvalue weighted by Gasteiger charge is -2.37. The Kier molecular flexibility index (Phi) is 7.37. The number of piperazine rings is 1. The summed E-state index contributed by atoms with van der Waals surface area (Å²) in [7, 11) is 0. The van der Waals surface area contributed by atoms with Crippen LogP contribution in [0.3, 0.4) is 0 Å². The van der Waals surface area contributed by atoms with Gasteiger partial charge in [0.1, 0.15) is 0 Å². The van der Waals surface area contributed by atoms with Crippen molar-refractivity contribution in [2.75, 3.05) is 31.1 Å². The molecule has 7 nitrogen and oxygen atoms in total. The lowest BCUT2D eigenvalue weighted by molar-refractivity contribution is -0.115. The summed E-state index contributed by atoms with van der Waals surface area (Å²) in [6.45, 7) is 2.97. The van der Waals surface area contributed by atoms with Gasteiger partial charge in [-0.05, 0) is 47.2 Å². The van der Waals surface area contributed by atoms with Gasteiger partial charge in [-0.2, -0.15) is 0 Å². The first-order valence-electron chi connectivity index (χ1n) is 9.72. The first-order valence-corrected chi connectivity index (χ1v) is 10.5. The fraction of sp³-hybridized carbons (Fsp3) is 0.227. The van der Waals surface area contributed by atoms with Crippen LogP contribution in [0.2, 0.25) is 0 Å². The molecule has 0 atom stereocenters. The lowest BCUT2D eigenvalue weighted by Crippen LogP contribution is -2.49. The predicted octanol–water partition coefficient (Wildman–Crippen LogP) is 2.85. The summed E-state index contributed by atoms with van der Waals surface area (Å²) >= 11 is 0.910. The highest BCUT2D eigenvalue weighted by molar-refractivity contribution is 8.18. The summed E-state index contributed by atoms with van der Waals surface area (Å²) in [5.41, 5.74) is 9.14. The molecule has 9 heteroatoms. The Balaban J connectivity index is 0.00000272. The first kappa shape index (κ1) is 22.9. The van der Waals surface area contributed by atoms with Crippen molar-refractivity contribution in [3.8, 4) is 0 Å². The number of halogens is 1. The number of carbonyl (C=O) groups excluding carboxylic acids is 3. The zero-order valence-electron chi connectivity index (χ0n) is 16.7. The van der Waals surface area contributed by atoms with Gasteiger partial charge < -0.3 is 15.5 Å². The Labute approximate surface area is 191 Å². The molecule has 2 heterocycles. The van der Waals surface area contributed by atoms with Crippen LogP contribution in [0.4, 0.5) is 10.5 Å². The van der Waals surface area contributed by atoms with Crippen molar-refractivity contribution in [1.29, 1.82) is 0 Å². The van der Waals surface area contributed by atoms with E-state index in [-0.39, 0.29) is 29.5 Å². The molecule has 31 heavy (non-hydrogen) atoms. The molecule has 0 spiro atoms. The van der Waals surface area contributed by atoms with E-state index >= 15 is 0 Å². The van der Waals surface area contributed by atoms with Crippen LogP contribution in [0.15, 0.2) is 53.4 Å². The van der Waals surface area contributed by atoms with E-state index in [4.69, 9.17) is 5.73 Å². The minimum absolute atomic E-state index is 0. The number of amides is 3. The molecule has 0 bridgehead atoms. The quantitative estimate of drug-likeness (QED) is 0.684. The number of hydrogen-bond donors (Lipinski definition) is 2. The molecule has 2 aromatic rings. The molecule has 0 radical (unpaired) electrons. The van der Waals surface area contributed by atoms with Gasteiger partial charge in [0, 0.05) is 44.0 Å². The molecule has 3 amide bonds. The highest BCUT2D eigenvalue weighted by Gasteiger charge is 2.27. The minimum Gasteiger partial charge on any atom is -0.367 e. The summed E-state index contributed by atoms with van der Waals surface area (Å²) in [5.74, 6) is -0.354. The summed E-state index contributed by atoms with van der Waals surface area (Å²) in [5, 5.41) is 1.93. The van der Waals surface area contributed by atoms with Crippen LogP contribution < -0.4 is 16.0 Å². The number of thioether (sulfide) groups is 1. The zero-order chi connectivity index (χ0) is 21.1. The number of para-hydroxylation sites is 1. The lowest BCUT2D eigenvalue weighted by atomic mass is 10.1. The van der Waals surface area contributed by atoms with Crippen LogP contribution in [0.25, 0.3) is 6.08 Å². The number of carbonyl (C=O) groups is 3. The Morgan fingerprint density at radius 1 is 1.06 bits per heavy atom. The van der Waals surface area contributed by atoms with Crippen molar-refractivity contribution in [1.82, 2.24) is 10.2 Å². The molecule has 162 valence electrons. The average Bonchev–Trinajstić information content (AvgIpc) is 3.10. The van der Waals surface area contributed by atoms with Gasteiger partial charge in [0.2, 0.25) is 0 Å². The molecule has 2 aliphatic rings. The Hall–Kier alpha value is -2.81. The molecule has 3 N–H and O–H groups in total. The zero-order valence-corrected chi connectivity index (χ0v) is 18.4. The van der Waals surface area contributed by atoms with Gasteiger partial charge in [0.05, 0.1) is 4.91 Å². The van der Waals surface area contributed by atoms with Gasteiger partial charge in [0.25, 0.3) is 17.1 Å². The van der Waals surface area contributed by atoms with Crippen LogP contribution in [0, 0.1) is 0 Å².